The summed E-state index contributed by atoms with van der Waals surface area (Å²) in [6, 6.07) is 0.185. The topological polar surface area (TPSA) is 72.2 Å². The van der Waals surface area contributed by atoms with Crippen LogP contribution < -0.4 is 10.5 Å². The molecule has 0 amide bonds. The molecule has 4 unspecified atom stereocenters. The highest BCUT2D eigenvalue weighted by Gasteiger charge is 2.41. The number of nitrogens with two attached hydrogens (primary N) is 1. The molecule has 0 heterocycles. The Morgan fingerprint density at radius 1 is 1.38 bits per heavy atom. The van der Waals surface area contributed by atoms with Gasteiger partial charge in [0.05, 0.1) is 5.25 Å². The number of nitrogens with one attached hydrogen (secondary N) is 1. The van der Waals surface area contributed by atoms with Crippen LogP contribution in [0.25, 0.3) is 0 Å². The molecule has 0 aromatic carbocycles. The van der Waals surface area contributed by atoms with Crippen LogP contribution >= 0.6 is 0 Å². The van der Waals surface area contributed by atoms with E-state index in [1.165, 1.54) is 19.3 Å². The first kappa shape index (κ1) is 12.3. The zero-order valence-electron chi connectivity index (χ0n) is 9.85. The van der Waals surface area contributed by atoms with Crippen molar-refractivity contribution in [2.45, 2.75) is 50.3 Å². The molecule has 2 fully saturated rings. The summed E-state index contributed by atoms with van der Waals surface area (Å²) < 4.78 is 26.9. The van der Waals surface area contributed by atoms with Crippen molar-refractivity contribution in [3.63, 3.8) is 0 Å². The van der Waals surface area contributed by atoms with E-state index in [9.17, 15) is 8.42 Å². The van der Waals surface area contributed by atoms with Crippen molar-refractivity contribution >= 4 is 10.0 Å². The Labute approximate surface area is 98.0 Å². The third kappa shape index (κ3) is 2.26. The van der Waals surface area contributed by atoms with E-state index >= 15 is 0 Å². The number of hydrogen-bond donors (Lipinski definition) is 2. The summed E-state index contributed by atoms with van der Waals surface area (Å²) in [5, 5.41) is -0.424. The highest BCUT2D eigenvalue weighted by molar-refractivity contribution is 7.90. The maximum absolute atomic E-state index is 12.0. The van der Waals surface area contributed by atoms with Crippen molar-refractivity contribution in [2.24, 2.45) is 17.6 Å². The van der Waals surface area contributed by atoms with Gasteiger partial charge in [-0.15, -0.1) is 0 Å². The SMILES string of the molecule is CCC(CN)S(=O)(=O)NC1CC2CCC1C2. The van der Waals surface area contributed by atoms with E-state index in [-0.39, 0.29) is 12.6 Å². The van der Waals surface area contributed by atoms with Crippen LogP contribution in [0.1, 0.15) is 39.0 Å². The van der Waals surface area contributed by atoms with E-state index in [0.717, 1.165) is 12.3 Å². The summed E-state index contributed by atoms with van der Waals surface area (Å²) in [7, 11) is -3.20. The lowest BCUT2D eigenvalue weighted by molar-refractivity contribution is 0.388. The lowest BCUT2D eigenvalue weighted by Gasteiger charge is -2.25. The second-order valence-corrected chi connectivity index (χ2v) is 7.20. The lowest BCUT2D eigenvalue weighted by Crippen LogP contribution is -2.45. The van der Waals surface area contributed by atoms with Gasteiger partial charge in [-0.25, -0.2) is 13.1 Å². The molecular formula is C11H22N2O2S. The standard InChI is InChI=1S/C11H22N2O2S/c1-2-10(7-12)16(14,15)13-11-6-8-3-4-9(11)5-8/h8-11,13H,2-7,12H2,1H3. The van der Waals surface area contributed by atoms with Gasteiger partial charge in [-0.2, -0.15) is 0 Å². The molecular weight excluding hydrogens is 224 g/mol. The molecule has 94 valence electrons. The summed E-state index contributed by atoms with van der Waals surface area (Å²) in [5.74, 6) is 1.34. The van der Waals surface area contributed by atoms with Gasteiger partial charge in [-0.1, -0.05) is 13.3 Å². The summed E-state index contributed by atoms with van der Waals surface area (Å²) in [4.78, 5) is 0. The molecule has 3 N–H and O–H groups in total. The van der Waals surface area contributed by atoms with Crippen molar-refractivity contribution < 1.29 is 8.42 Å². The molecule has 0 aromatic heterocycles. The first-order valence-electron chi connectivity index (χ1n) is 6.28. The Bertz CT molecular complexity index is 338. The van der Waals surface area contributed by atoms with Crippen molar-refractivity contribution in [2.75, 3.05) is 6.54 Å². The Kier molecular flexibility index (Phi) is 3.56. The van der Waals surface area contributed by atoms with Gasteiger partial charge in [0.15, 0.2) is 0 Å². The van der Waals surface area contributed by atoms with Crippen LogP contribution in [0.5, 0.6) is 0 Å². The number of fused-ring (bicyclic) bond motifs is 2. The maximum Gasteiger partial charge on any atom is 0.215 e. The Balaban J connectivity index is 1.99. The lowest BCUT2D eigenvalue weighted by atomic mass is 9.96. The monoisotopic (exact) mass is 246 g/mol. The molecule has 0 aromatic rings. The number of hydrogen-bond acceptors (Lipinski definition) is 3. The van der Waals surface area contributed by atoms with E-state index in [1.54, 1.807) is 0 Å². The minimum Gasteiger partial charge on any atom is -0.329 e. The molecule has 0 aliphatic heterocycles. The predicted octanol–water partition coefficient (Wildman–Crippen LogP) is 0.832. The van der Waals surface area contributed by atoms with Crippen LogP contribution in [-0.4, -0.2) is 26.3 Å². The van der Waals surface area contributed by atoms with Gasteiger partial charge in [0, 0.05) is 12.6 Å². The van der Waals surface area contributed by atoms with Gasteiger partial charge < -0.3 is 5.73 Å². The summed E-state index contributed by atoms with van der Waals surface area (Å²) in [5.41, 5.74) is 5.50. The van der Waals surface area contributed by atoms with E-state index in [4.69, 9.17) is 5.73 Å². The third-order valence-electron chi connectivity index (χ3n) is 4.21. The number of sulfonamides is 1. The molecule has 5 heteroatoms. The molecule has 2 bridgehead atoms. The smallest absolute Gasteiger partial charge is 0.215 e. The zero-order chi connectivity index (χ0) is 11.8. The molecule has 2 aliphatic rings. The fourth-order valence-corrected chi connectivity index (χ4v) is 4.80. The second kappa shape index (κ2) is 4.63. The Hall–Kier alpha value is -0.130. The zero-order valence-corrected chi connectivity index (χ0v) is 10.7. The van der Waals surface area contributed by atoms with Gasteiger partial charge in [-0.05, 0) is 37.5 Å². The average molecular weight is 246 g/mol. The van der Waals surface area contributed by atoms with Crippen LogP contribution in [0.15, 0.2) is 0 Å². The quantitative estimate of drug-likeness (QED) is 0.755. The minimum atomic E-state index is -3.20. The van der Waals surface area contributed by atoms with E-state index in [1.807, 2.05) is 6.92 Å². The van der Waals surface area contributed by atoms with Crippen molar-refractivity contribution in [3.8, 4) is 0 Å². The largest absolute Gasteiger partial charge is 0.329 e. The van der Waals surface area contributed by atoms with Crippen LogP contribution in [0.4, 0.5) is 0 Å². The molecule has 2 aliphatic carbocycles. The molecule has 0 saturated heterocycles. The highest BCUT2D eigenvalue weighted by atomic mass is 32.2. The Morgan fingerprint density at radius 2 is 2.12 bits per heavy atom. The summed E-state index contributed by atoms with van der Waals surface area (Å²) >= 11 is 0. The van der Waals surface area contributed by atoms with Crippen molar-refractivity contribution in [1.29, 1.82) is 0 Å². The predicted molar refractivity (Wildman–Crippen MR) is 64.4 cm³/mol. The first-order valence-corrected chi connectivity index (χ1v) is 7.82. The van der Waals surface area contributed by atoms with Gasteiger partial charge in [0.25, 0.3) is 0 Å². The van der Waals surface area contributed by atoms with Crippen LogP contribution in [-0.2, 0) is 10.0 Å². The van der Waals surface area contributed by atoms with E-state index < -0.39 is 15.3 Å². The summed E-state index contributed by atoms with van der Waals surface area (Å²) in [6.45, 7) is 2.09. The normalized spacial score (nSPS) is 35.5. The minimum absolute atomic E-state index is 0.185. The first-order chi connectivity index (χ1) is 7.56. The third-order valence-corrected chi connectivity index (χ3v) is 6.25. The van der Waals surface area contributed by atoms with Crippen LogP contribution in [0.2, 0.25) is 0 Å². The Morgan fingerprint density at radius 3 is 2.56 bits per heavy atom. The fourth-order valence-electron chi connectivity index (χ4n) is 3.21. The van der Waals surface area contributed by atoms with E-state index in [2.05, 4.69) is 4.72 Å². The molecule has 2 rings (SSSR count). The van der Waals surface area contributed by atoms with Gasteiger partial charge in [-0.3, -0.25) is 0 Å². The van der Waals surface area contributed by atoms with Crippen LogP contribution in [0, 0.1) is 11.8 Å². The number of rotatable bonds is 5. The van der Waals surface area contributed by atoms with Gasteiger partial charge in [0.2, 0.25) is 10.0 Å². The van der Waals surface area contributed by atoms with Crippen molar-refractivity contribution in [3.05, 3.63) is 0 Å². The molecule has 4 atom stereocenters. The molecule has 0 radical (unpaired) electrons. The molecule has 0 spiro atoms. The second-order valence-electron chi connectivity index (χ2n) is 5.21. The average Bonchev–Trinajstić information content (AvgIpc) is 2.79. The van der Waals surface area contributed by atoms with Crippen molar-refractivity contribution in [1.82, 2.24) is 4.72 Å². The van der Waals surface area contributed by atoms with Crippen LogP contribution in [0.3, 0.4) is 0 Å². The molecule has 2 saturated carbocycles. The molecule has 16 heavy (non-hydrogen) atoms. The van der Waals surface area contributed by atoms with E-state index in [0.29, 0.717) is 12.3 Å². The molecule has 4 nitrogen and oxygen atoms in total. The maximum atomic E-state index is 12.0. The van der Waals surface area contributed by atoms with Gasteiger partial charge in [0.1, 0.15) is 0 Å². The highest BCUT2D eigenvalue weighted by Crippen LogP contribution is 2.44. The fraction of sp³-hybridized carbons (Fsp3) is 1.00. The van der Waals surface area contributed by atoms with Gasteiger partial charge >= 0.3 is 0 Å². The summed E-state index contributed by atoms with van der Waals surface area (Å²) in [6.07, 6.45) is 5.32.